The SMILES string of the molecule is Cc1nnc(SCC(=O)Nc2ccc(Cl)cc2)n1C. The molecule has 19 heavy (non-hydrogen) atoms. The molecule has 100 valence electrons. The lowest BCUT2D eigenvalue weighted by Crippen LogP contribution is -2.14. The number of nitrogens with one attached hydrogen (secondary N) is 1. The van der Waals surface area contributed by atoms with E-state index in [2.05, 4.69) is 15.5 Å². The normalized spacial score (nSPS) is 10.5. The van der Waals surface area contributed by atoms with Gasteiger partial charge in [0.15, 0.2) is 5.16 Å². The smallest absolute Gasteiger partial charge is 0.234 e. The van der Waals surface area contributed by atoms with Gasteiger partial charge in [-0.2, -0.15) is 0 Å². The Morgan fingerprint density at radius 1 is 1.37 bits per heavy atom. The number of carbonyl (C=O) groups excluding carboxylic acids is 1. The maximum Gasteiger partial charge on any atom is 0.234 e. The van der Waals surface area contributed by atoms with Gasteiger partial charge < -0.3 is 9.88 Å². The number of anilines is 1. The average Bonchev–Trinajstić information content (AvgIpc) is 2.70. The maximum absolute atomic E-state index is 11.8. The second-order valence-electron chi connectivity index (χ2n) is 3.93. The van der Waals surface area contributed by atoms with Crippen LogP contribution < -0.4 is 5.32 Å². The molecule has 0 aliphatic heterocycles. The van der Waals surface area contributed by atoms with Gasteiger partial charge in [-0.15, -0.1) is 10.2 Å². The van der Waals surface area contributed by atoms with Crippen molar-refractivity contribution in [2.75, 3.05) is 11.1 Å². The number of hydrogen-bond acceptors (Lipinski definition) is 4. The first-order valence-electron chi connectivity index (χ1n) is 5.60. The quantitative estimate of drug-likeness (QED) is 0.881. The van der Waals surface area contributed by atoms with Gasteiger partial charge in [0, 0.05) is 17.8 Å². The van der Waals surface area contributed by atoms with E-state index in [4.69, 9.17) is 11.6 Å². The number of benzene rings is 1. The molecule has 0 fully saturated rings. The molecule has 0 spiro atoms. The molecule has 2 rings (SSSR count). The second-order valence-corrected chi connectivity index (χ2v) is 5.31. The Bertz CT molecular complexity index is 582. The van der Waals surface area contributed by atoms with Crippen LogP contribution in [0.3, 0.4) is 0 Å². The van der Waals surface area contributed by atoms with E-state index in [1.807, 2.05) is 18.5 Å². The van der Waals surface area contributed by atoms with Crippen molar-refractivity contribution in [2.24, 2.45) is 7.05 Å². The Balaban J connectivity index is 1.88. The van der Waals surface area contributed by atoms with Crippen molar-refractivity contribution >= 4 is 35.0 Å². The van der Waals surface area contributed by atoms with Gasteiger partial charge in [-0.05, 0) is 31.2 Å². The summed E-state index contributed by atoms with van der Waals surface area (Å²) in [4.78, 5) is 11.8. The van der Waals surface area contributed by atoms with E-state index in [0.29, 0.717) is 5.02 Å². The Labute approximate surface area is 120 Å². The van der Waals surface area contributed by atoms with E-state index in [1.54, 1.807) is 24.3 Å². The number of aromatic nitrogens is 3. The maximum atomic E-state index is 11.8. The lowest BCUT2D eigenvalue weighted by Gasteiger charge is -2.05. The van der Waals surface area contributed by atoms with Crippen molar-refractivity contribution in [1.29, 1.82) is 0 Å². The molecule has 1 amide bonds. The monoisotopic (exact) mass is 296 g/mol. The largest absolute Gasteiger partial charge is 0.325 e. The fourth-order valence-electron chi connectivity index (χ4n) is 1.37. The molecule has 0 atom stereocenters. The third-order valence-corrected chi connectivity index (χ3v) is 3.79. The Morgan fingerprint density at radius 2 is 2.05 bits per heavy atom. The van der Waals surface area contributed by atoms with Crippen molar-refractivity contribution in [3.05, 3.63) is 35.1 Å². The lowest BCUT2D eigenvalue weighted by atomic mass is 10.3. The molecule has 5 nitrogen and oxygen atoms in total. The van der Waals surface area contributed by atoms with Crippen LogP contribution in [0.25, 0.3) is 0 Å². The summed E-state index contributed by atoms with van der Waals surface area (Å²) in [6.45, 7) is 1.87. The van der Waals surface area contributed by atoms with Gasteiger partial charge in [0.05, 0.1) is 5.75 Å². The van der Waals surface area contributed by atoms with Crippen molar-refractivity contribution in [1.82, 2.24) is 14.8 Å². The van der Waals surface area contributed by atoms with Crippen LogP contribution in [0.2, 0.25) is 5.02 Å². The molecular formula is C12H13ClN4OS. The first-order chi connectivity index (χ1) is 9.06. The number of thioether (sulfide) groups is 1. The van der Waals surface area contributed by atoms with E-state index in [0.717, 1.165) is 16.7 Å². The van der Waals surface area contributed by atoms with Crippen LogP contribution in [0.4, 0.5) is 5.69 Å². The van der Waals surface area contributed by atoms with E-state index in [1.165, 1.54) is 11.8 Å². The van der Waals surface area contributed by atoms with Crippen molar-refractivity contribution in [3.63, 3.8) is 0 Å². The molecule has 0 bridgehead atoms. The van der Waals surface area contributed by atoms with Crippen LogP contribution in [0.5, 0.6) is 0 Å². The van der Waals surface area contributed by atoms with Crippen LogP contribution >= 0.6 is 23.4 Å². The average molecular weight is 297 g/mol. The summed E-state index contributed by atoms with van der Waals surface area (Å²) in [5.74, 6) is 1.02. The molecule has 2 aromatic rings. The molecule has 1 heterocycles. The zero-order valence-corrected chi connectivity index (χ0v) is 12.1. The van der Waals surface area contributed by atoms with Crippen LogP contribution in [0.1, 0.15) is 5.82 Å². The summed E-state index contributed by atoms with van der Waals surface area (Å²) in [6, 6.07) is 6.99. The molecule has 0 unspecified atom stereocenters. The number of hydrogen-bond donors (Lipinski definition) is 1. The number of nitrogens with zero attached hydrogens (tertiary/aromatic N) is 3. The molecule has 1 aromatic heterocycles. The predicted molar refractivity (Wildman–Crippen MR) is 76.5 cm³/mol. The van der Waals surface area contributed by atoms with Gasteiger partial charge in [0.2, 0.25) is 5.91 Å². The van der Waals surface area contributed by atoms with Crippen LogP contribution in [-0.2, 0) is 11.8 Å². The van der Waals surface area contributed by atoms with Crippen LogP contribution in [0, 0.1) is 6.92 Å². The Morgan fingerprint density at radius 3 is 2.63 bits per heavy atom. The molecule has 0 aliphatic carbocycles. The van der Waals surface area contributed by atoms with Gasteiger partial charge in [-0.1, -0.05) is 23.4 Å². The summed E-state index contributed by atoms with van der Waals surface area (Å²) in [5, 5.41) is 12.1. The van der Waals surface area contributed by atoms with Gasteiger partial charge >= 0.3 is 0 Å². The minimum Gasteiger partial charge on any atom is -0.325 e. The summed E-state index contributed by atoms with van der Waals surface area (Å²) in [5.41, 5.74) is 0.726. The van der Waals surface area contributed by atoms with Crippen molar-refractivity contribution in [2.45, 2.75) is 12.1 Å². The number of halogens is 1. The Hall–Kier alpha value is -1.53. The van der Waals surface area contributed by atoms with Gasteiger partial charge in [-0.3, -0.25) is 4.79 Å². The summed E-state index contributed by atoms with van der Waals surface area (Å²) >= 11 is 7.12. The molecule has 0 saturated carbocycles. The van der Waals surface area contributed by atoms with Crippen molar-refractivity contribution < 1.29 is 4.79 Å². The third kappa shape index (κ3) is 3.71. The zero-order valence-electron chi connectivity index (χ0n) is 10.6. The minimum absolute atomic E-state index is 0.0898. The highest BCUT2D eigenvalue weighted by molar-refractivity contribution is 7.99. The first-order valence-corrected chi connectivity index (χ1v) is 6.97. The molecule has 0 saturated heterocycles. The minimum atomic E-state index is -0.0898. The van der Waals surface area contributed by atoms with E-state index in [-0.39, 0.29) is 11.7 Å². The highest BCUT2D eigenvalue weighted by atomic mass is 35.5. The van der Waals surface area contributed by atoms with E-state index < -0.39 is 0 Å². The highest BCUT2D eigenvalue weighted by Gasteiger charge is 2.09. The summed E-state index contributed by atoms with van der Waals surface area (Å²) in [6.07, 6.45) is 0. The molecular weight excluding hydrogens is 284 g/mol. The van der Waals surface area contributed by atoms with Crippen molar-refractivity contribution in [3.8, 4) is 0 Å². The molecule has 1 aromatic carbocycles. The van der Waals surface area contributed by atoms with E-state index in [9.17, 15) is 4.79 Å². The number of carbonyl (C=O) groups is 1. The standard InChI is InChI=1S/C12H13ClN4OS/c1-8-15-16-12(17(8)2)19-7-11(18)14-10-5-3-9(13)4-6-10/h3-6H,7H2,1-2H3,(H,14,18). The lowest BCUT2D eigenvalue weighted by molar-refractivity contribution is -0.113. The zero-order chi connectivity index (χ0) is 13.8. The fourth-order valence-corrected chi connectivity index (χ4v) is 2.26. The Kier molecular flexibility index (Phi) is 4.44. The van der Waals surface area contributed by atoms with Gasteiger partial charge in [-0.25, -0.2) is 0 Å². The third-order valence-electron chi connectivity index (χ3n) is 2.51. The van der Waals surface area contributed by atoms with Gasteiger partial charge in [0.25, 0.3) is 0 Å². The topological polar surface area (TPSA) is 59.8 Å². The molecule has 0 radical (unpaired) electrons. The van der Waals surface area contributed by atoms with E-state index >= 15 is 0 Å². The number of aryl methyl sites for hydroxylation is 1. The second kappa shape index (κ2) is 6.08. The van der Waals surface area contributed by atoms with Gasteiger partial charge in [0.1, 0.15) is 5.82 Å². The fraction of sp³-hybridized carbons (Fsp3) is 0.250. The molecule has 7 heteroatoms. The molecule has 1 N–H and O–H groups in total. The number of amides is 1. The summed E-state index contributed by atoms with van der Waals surface area (Å²) < 4.78 is 1.85. The summed E-state index contributed by atoms with van der Waals surface area (Å²) in [7, 11) is 1.87. The van der Waals surface area contributed by atoms with Crippen LogP contribution in [0.15, 0.2) is 29.4 Å². The molecule has 0 aliphatic rings. The van der Waals surface area contributed by atoms with Crippen LogP contribution in [-0.4, -0.2) is 26.4 Å². The first kappa shape index (κ1) is 13.9. The highest BCUT2D eigenvalue weighted by Crippen LogP contribution is 2.17. The predicted octanol–water partition coefficient (Wildman–Crippen LogP) is 2.51. The number of rotatable bonds is 4.